The molecule has 1 aromatic carbocycles. The molecule has 0 saturated heterocycles. The fraction of sp³-hybridized carbons (Fsp3) is 0.214. The Hall–Kier alpha value is -1.53. The van der Waals surface area contributed by atoms with Gasteiger partial charge in [-0.05, 0) is 41.9 Å². The average molecular weight is 351 g/mol. The van der Waals surface area contributed by atoms with Gasteiger partial charge in [0.25, 0.3) is 11.7 Å². The molecule has 102 valence electrons. The Morgan fingerprint density at radius 2 is 2.05 bits per heavy atom. The Morgan fingerprint density at radius 3 is 2.70 bits per heavy atom. The number of thiazole rings is 1. The number of halogens is 1. The summed E-state index contributed by atoms with van der Waals surface area (Å²) in [6.45, 7) is 4.28. The van der Waals surface area contributed by atoms with E-state index in [-0.39, 0.29) is 0 Å². The zero-order chi connectivity index (χ0) is 14.4. The second-order valence-corrected chi connectivity index (χ2v) is 6.75. The summed E-state index contributed by atoms with van der Waals surface area (Å²) in [6, 6.07) is 5.38. The molecule has 6 heteroatoms. The number of rotatable bonds is 2. The smallest absolute Gasteiger partial charge is 0.298 e. The van der Waals surface area contributed by atoms with Crippen LogP contribution < -0.4 is 4.90 Å². The van der Waals surface area contributed by atoms with Crippen LogP contribution in [0.5, 0.6) is 0 Å². The van der Waals surface area contributed by atoms with Gasteiger partial charge in [-0.15, -0.1) is 11.3 Å². The van der Waals surface area contributed by atoms with Gasteiger partial charge in [0, 0.05) is 9.35 Å². The fourth-order valence-electron chi connectivity index (χ4n) is 2.20. The molecule has 1 aliphatic heterocycles. The molecule has 0 N–H and O–H groups in total. The Labute approximate surface area is 128 Å². The highest BCUT2D eigenvalue weighted by molar-refractivity contribution is 9.10. The first-order chi connectivity index (χ1) is 9.49. The summed E-state index contributed by atoms with van der Waals surface area (Å²) >= 11 is 4.89. The van der Waals surface area contributed by atoms with E-state index in [9.17, 15) is 9.59 Å². The van der Waals surface area contributed by atoms with Crippen LogP contribution in [0.25, 0.3) is 0 Å². The normalized spacial score (nSPS) is 14.1. The minimum atomic E-state index is -0.489. The maximum absolute atomic E-state index is 12.1. The summed E-state index contributed by atoms with van der Waals surface area (Å²) in [5, 5.41) is 0.842. The molecule has 0 fully saturated rings. The van der Waals surface area contributed by atoms with Crippen molar-refractivity contribution in [3.05, 3.63) is 43.8 Å². The first kappa shape index (κ1) is 13.5. The SMILES string of the molecule is Cc1nc(CN2C(=O)C(=O)c3c(Br)cccc32)sc1C. The number of carbonyl (C=O) groups is 2. The van der Waals surface area contributed by atoms with Gasteiger partial charge in [0.05, 0.1) is 23.5 Å². The van der Waals surface area contributed by atoms with E-state index in [0.717, 1.165) is 15.6 Å². The van der Waals surface area contributed by atoms with Crippen molar-refractivity contribution in [2.45, 2.75) is 20.4 Å². The van der Waals surface area contributed by atoms with Gasteiger partial charge in [-0.3, -0.25) is 14.5 Å². The summed E-state index contributed by atoms with van der Waals surface area (Å²) in [5.74, 6) is -0.949. The molecule has 0 aliphatic carbocycles. The molecule has 1 aromatic heterocycles. The number of nitrogens with zero attached hydrogens (tertiary/aromatic N) is 2. The van der Waals surface area contributed by atoms with Gasteiger partial charge in [0.15, 0.2) is 0 Å². The van der Waals surface area contributed by atoms with E-state index in [1.165, 1.54) is 4.90 Å². The Bertz CT molecular complexity index is 719. The maximum Gasteiger partial charge on any atom is 0.299 e. The van der Waals surface area contributed by atoms with E-state index >= 15 is 0 Å². The highest BCUT2D eigenvalue weighted by Crippen LogP contribution is 2.35. The molecule has 0 atom stereocenters. The number of fused-ring (bicyclic) bond motifs is 1. The van der Waals surface area contributed by atoms with Crippen LogP contribution in [0.1, 0.15) is 25.9 Å². The van der Waals surface area contributed by atoms with Crippen LogP contribution in [0.15, 0.2) is 22.7 Å². The quantitative estimate of drug-likeness (QED) is 0.781. The highest BCUT2D eigenvalue weighted by Gasteiger charge is 2.37. The van der Waals surface area contributed by atoms with Crippen molar-refractivity contribution >= 4 is 44.6 Å². The summed E-state index contributed by atoms with van der Waals surface area (Å²) in [7, 11) is 0. The lowest BCUT2D eigenvalue weighted by Gasteiger charge is -2.14. The number of carbonyl (C=O) groups excluding carboxylic acids is 2. The summed E-state index contributed by atoms with van der Waals surface area (Å²) in [4.78, 5) is 31.3. The van der Waals surface area contributed by atoms with Gasteiger partial charge in [-0.2, -0.15) is 0 Å². The molecule has 2 heterocycles. The number of ketones is 1. The van der Waals surface area contributed by atoms with E-state index < -0.39 is 11.7 Å². The lowest BCUT2D eigenvalue weighted by Crippen LogP contribution is -2.29. The van der Waals surface area contributed by atoms with Crippen molar-refractivity contribution in [2.75, 3.05) is 4.90 Å². The second kappa shape index (κ2) is 4.79. The number of hydrogen-bond donors (Lipinski definition) is 0. The van der Waals surface area contributed by atoms with E-state index in [2.05, 4.69) is 20.9 Å². The van der Waals surface area contributed by atoms with Gasteiger partial charge in [0.1, 0.15) is 5.01 Å². The van der Waals surface area contributed by atoms with Gasteiger partial charge in [0.2, 0.25) is 0 Å². The molecule has 0 unspecified atom stereocenters. The van der Waals surface area contributed by atoms with Crippen LogP contribution in [-0.4, -0.2) is 16.7 Å². The van der Waals surface area contributed by atoms with Crippen molar-refractivity contribution in [1.29, 1.82) is 0 Å². The van der Waals surface area contributed by atoms with Crippen molar-refractivity contribution in [1.82, 2.24) is 4.98 Å². The fourth-order valence-corrected chi connectivity index (χ4v) is 3.66. The number of benzene rings is 1. The first-order valence-electron chi connectivity index (χ1n) is 6.06. The third-order valence-corrected chi connectivity index (χ3v) is 5.03. The molecule has 1 amide bonds. The molecular formula is C14H11BrN2O2S. The van der Waals surface area contributed by atoms with Crippen LogP contribution in [-0.2, 0) is 11.3 Å². The highest BCUT2D eigenvalue weighted by atomic mass is 79.9. The van der Waals surface area contributed by atoms with E-state index in [4.69, 9.17) is 0 Å². The van der Waals surface area contributed by atoms with Crippen molar-refractivity contribution < 1.29 is 9.59 Å². The van der Waals surface area contributed by atoms with Crippen LogP contribution in [0.4, 0.5) is 5.69 Å². The van der Waals surface area contributed by atoms with Gasteiger partial charge >= 0.3 is 0 Å². The molecule has 0 bridgehead atoms. The Kier molecular flexibility index (Phi) is 3.22. The topological polar surface area (TPSA) is 50.3 Å². The first-order valence-corrected chi connectivity index (χ1v) is 7.67. The molecule has 0 radical (unpaired) electrons. The van der Waals surface area contributed by atoms with Gasteiger partial charge < -0.3 is 0 Å². The minimum Gasteiger partial charge on any atom is -0.298 e. The second-order valence-electron chi connectivity index (χ2n) is 4.60. The number of aryl methyl sites for hydroxylation is 2. The predicted octanol–water partition coefficient (Wildman–Crippen LogP) is 3.25. The molecule has 0 saturated carbocycles. The number of amides is 1. The van der Waals surface area contributed by atoms with Crippen molar-refractivity contribution in [2.24, 2.45) is 0 Å². The third-order valence-electron chi connectivity index (χ3n) is 3.32. The Balaban J connectivity index is 2.01. The van der Waals surface area contributed by atoms with Gasteiger partial charge in [-0.1, -0.05) is 6.07 Å². The molecule has 0 spiro atoms. The van der Waals surface area contributed by atoms with Crippen LogP contribution in [0.2, 0.25) is 0 Å². The number of Topliss-reactive ketones (excluding diaryl/α,β-unsaturated/α-hetero) is 1. The summed E-state index contributed by atoms with van der Waals surface area (Å²) in [5.41, 5.74) is 2.07. The number of aromatic nitrogens is 1. The largest absolute Gasteiger partial charge is 0.299 e. The number of hydrogen-bond acceptors (Lipinski definition) is 4. The number of anilines is 1. The Morgan fingerprint density at radius 1 is 1.30 bits per heavy atom. The molecule has 20 heavy (non-hydrogen) atoms. The molecule has 1 aliphatic rings. The van der Waals surface area contributed by atoms with E-state index in [1.807, 2.05) is 19.9 Å². The van der Waals surface area contributed by atoms with Crippen LogP contribution in [0.3, 0.4) is 0 Å². The lowest BCUT2D eigenvalue weighted by atomic mass is 10.1. The monoisotopic (exact) mass is 350 g/mol. The summed E-state index contributed by atoms with van der Waals surface area (Å²) in [6.07, 6.45) is 0. The maximum atomic E-state index is 12.1. The van der Waals surface area contributed by atoms with Crippen molar-refractivity contribution in [3.63, 3.8) is 0 Å². The molecule has 4 nitrogen and oxygen atoms in total. The van der Waals surface area contributed by atoms with E-state index in [1.54, 1.807) is 23.5 Å². The molecule has 2 aromatic rings. The zero-order valence-electron chi connectivity index (χ0n) is 10.9. The third kappa shape index (κ3) is 1.99. The van der Waals surface area contributed by atoms with Crippen LogP contribution in [0, 0.1) is 13.8 Å². The van der Waals surface area contributed by atoms with Crippen molar-refractivity contribution in [3.8, 4) is 0 Å². The predicted molar refractivity (Wildman–Crippen MR) is 81.3 cm³/mol. The zero-order valence-corrected chi connectivity index (χ0v) is 13.3. The molecular weight excluding hydrogens is 340 g/mol. The summed E-state index contributed by atoms with van der Waals surface area (Å²) < 4.78 is 0.655. The molecule has 3 rings (SSSR count). The van der Waals surface area contributed by atoms with Crippen LogP contribution >= 0.6 is 27.3 Å². The van der Waals surface area contributed by atoms with Gasteiger partial charge in [-0.25, -0.2) is 4.98 Å². The van der Waals surface area contributed by atoms with E-state index in [0.29, 0.717) is 22.3 Å². The lowest BCUT2D eigenvalue weighted by molar-refractivity contribution is -0.114. The minimum absolute atomic E-state index is 0.341. The standard InChI is InChI=1S/C14H11BrN2O2S/c1-7-8(2)20-11(16-7)6-17-10-5-3-4-9(15)12(10)13(18)14(17)19/h3-5H,6H2,1-2H3. The average Bonchev–Trinajstić information content (AvgIpc) is 2.84.